The maximum Gasteiger partial charge on any atom is 0.348 e. The van der Waals surface area contributed by atoms with Gasteiger partial charge in [0.05, 0.1) is 6.61 Å². The third kappa shape index (κ3) is 7.16. The van der Waals surface area contributed by atoms with Crippen molar-refractivity contribution in [3.8, 4) is 6.07 Å². The summed E-state index contributed by atoms with van der Waals surface area (Å²) in [5.74, 6) is -1.30. The second-order valence-electron chi connectivity index (χ2n) is 6.12. The zero-order chi connectivity index (χ0) is 18.0. The molecule has 24 heavy (non-hydrogen) atoms. The summed E-state index contributed by atoms with van der Waals surface area (Å²) in [6.45, 7) is 10.2. The van der Waals surface area contributed by atoms with Crippen LogP contribution in [0.5, 0.6) is 0 Å². The van der Waals surface area contributed by atoms with Gasteiger partial charge in [0.2, 0.25) is 0 Å². The summed E-state index contributed by atoms with van der Waals surface area (Å²) in [6, 6.07) is 1.88. The molecule has 0 aliphatic carbocycles. The predicted octanol–water partition coefficient (Wildman–Crippen LogP) is 2.77. The number of carbonyl (C=O) groups is 1. The van der Waals surface area contributed by atoms with Crippen LogP contribution in [-0.4, -0.2) is 49.1 Å². The van der Waals surface area contributed by atoms with Crippen molar-refractivity contribution in [3.63, 3.8) is 0 Å². The summed E-state index contributed by atoms with van der Waals surface area (Å²) in [5.41, 5.74) is -0.0302. The fourth-order valence-corrected chi connectivity index (χ4v) is 2.34. The van der Waals surface area contributed by atoms with Gasteiger partial charge in [-0.05, 0) is 45.0 Å². The van der Waals surface area contributed by atoms with Gasteiger partial charge in [-0.2, -0.15) is 5.26 Å². The molecule has 1 unspecified atom stereocenters. The number of ether oxygens (including phenoxy) is 3. The van der Waals surface area contributed by atoms with Crippen molar-refractivity contribution in [2.75, 3.05) is 26.3 Å². The van der Waals surface area contributed by atoms with Crippen molar-refractivity contribution in [2.24, 2.45) is 0 Å². The van der Waals surface area contributed by atoms with E-state index in [-0.39, 0.29) is 18.3 Å². The molecule has 1 atom stereocenters. The Hall–Kier alpha value is -1.84. The van der Waals surface area contributed by atoms with Crippen LogP contribution in [0.25, 0.3) is 0 Å². The summed E-state index contributed by atoms with van der Waals surface area (Å²) in [5, 5.41) is 9.12. The molecule has 1 heterocycles. The molecule has 0 aromatic rings. The molecule has 0 aromatic heterocycles. The third-order valence-electron chi connectivity index (χ3n) is 3.39. The molecular weight excluding hydrogens is 308 g/mol. The van der Waals surface area contributed by atoms with Crippen molar-refractivity contribution >= 4 is 5.97 Å². The lowest BCUT2D eigenvalue weighted by Crippen LogP contribution is -2.25. The largest absolute Gasteiger partial charge is 0.459 e. The number of nitriles is 1. The molecule has 1 aliphatic heterocycles. The highest BCUT2D eigenvalue weighted by Gasteiger charge is 2.33. The molecule has 0 bridgehead atoms. The Kier molecular flexibility index (Phi) is 8.51. The first-order valence-electron chi connectivity index (χ1n) is 8.43. The van der Waals surface area contributed by atoms with Crippen molar-refractivity contribution < 1.29 is 19.0 Å². The van der Waals surface area contributed by atoms with E-state index < -0.39 is 11.8 Å². The first kappa shape index (κ1) is 20.2. The zero-order valence-corrected chi connectivity index (χ0v) is 15.1. The van der Waals surface area contributed by atoms with Crippen LogP contribution in [0.2, 0.25) is 0 Å². The minimum Gasteiger partial charge on any atom is -0.459 e. The van der Waals surface area contributed by atoms with Gasteiger partial charge in [-0.25, -0.2) is 4.79 Å². The normalized spacial score (nSPS) is 20.1. The Morgan fingerprint density at radius 3 is 2.54 bits per heavy atom. The highest BCUT2D eigenvalue weighted by molar-refractivity contribution is 5.93. The molecule has 0 amide bonds. The molecule has 134 valence electrons. The number of allylic oxidation sites excluding steroid dienone is 2. The summed E-state index contributed by atoms with van der Waals surface area (Å²) < 4.78 is 16.1. The monoisotopic (exact) mass is 336 g/mol. The van der Waals surface area contributed by atoms with Gasteiger partial charge >= 0.3 is 5.97 Å². The average Bonchev–Trinajstić information content (AvgIpc) is 2.89. The Morgan fingerprint density at radius 2 is 2.04 bits per heavy atom. The van der Waals surface area contributed by atoms with Gasteiger partial charge in [0.15, 0.2) is 5.79 Å². The number of esters is 1. The predicted molar refractivity (Wildman–Crippen MR) is 90.9 cm³/mol. The Bertz CT molecular complexity index is 500. The van der Waals surface area contributed by atoms with Crippen LogP contribution in [0.15, 0.2) is 23.9 Å². The van der Waals surface area contributed by atoms with E-state index in [4.69, 9.17) is 19.5 Å². The van der Waals surface area contributed by atoms with Crippen LogP contribution in [0.3, 0.4) is 0 Å². The molecule has 6 nitrogen and oxygen atoms in total. The fraction of sp³-hybridized carbons (Fsp3) is 0.667. The highest BCUT2D eigenvalue weighted by Crippen LogP contribution is 2.22. The molecule has 0 N–H and O–H groups in total. The van der Waals surface area contributed by atoms with Gasteiger partial charge < -0.3 is 19.1 Å². The summed E-state index contributed by atoms with van der Waals surface area (Å²) in [6.07, 6.45) is 6.87. The Labute approximate surface area is 144 Å². The fourth-order valence-electron chi connectivity index (χ4n) is 2.34. The quantitative estimate of drug-likeness (QED) is 0.279. The smallest absolute Gasteiger partial charge is 0.348 e. The van der Waals surface area contributed by atoms with Gasteiger partial charge in [0, 0.05) is 13.1 Å². The van der Waals surface area contributed by atoms with Crippen LogP contribution in [0.4, 0.5) is 0 Å². The molecular formula is C18H28N2O4. The minimum absolute atomic E-state index is 0.0302. The van der Waals surface area contributed by atoms with E-state index >= 15 is 0 Å². The van der Waals surface area contributed by atoms with Crippen LogP contribution < -0.4 is 0 Å². The third-order valence-corrected chi connectivity index (χ3v) is 3.39. The lowest BCUT2D eigenvalue weighted by atomic mass is 10.2. The second kappa shape index (κ2) is 10.1. The maximum atomic E-state index is 12.0. The topological polar surface area (TPSA) is 71.8 Å². The van der Waals surface area contributed by atoms with Crippen molar-refractivity contribution in [3.05, 3.63) is 23.9 Å². The van der Waals surface area contributed by atoms with E-state index in [1.807, 2.05) is 12.3 Å². The second-order valence-corrected chi connectivity index (χ2v) is 6.12. The van der Waals surface area contributed by atoms with Crippen LogP contribution in [0, 0.1) is 11.3 Å². The van der Waals surface area contributed by atoms with Gasteiger partial charge in [-0.3, -0.25) is 0 Å². The van der Waals surface area contributed by atoms with Gasteiger partial charge in [0.25, 0.3) is 0 Å². The zero-order valence-electron chi connectivity index (χ0n) is 15.1. The Balaban J connectivity index is 2.52. The van der Waals surface area contributed by atoms with Gasteiger partial charge in [-0.1, -0.05) is 13.8 Å². The lowest BCUT2D eigenvalue weighted by Gasteiger charge is -2.18. The van der Waals surface area contributed by atoms with Gasteiger partial charge in [-0.15, -0.1) is 0 Å². The van der Waals surface area contributed by atoms with Crippen LogP contribution in [0.1, 0.15) is 40.5 Å². The molecule has 1 rings (SSSR count). The standard InChI is InChI=1S/C18H28N2O4/c1-5-9-20(10-6-2)11-7-8-15(12-19)17(21)22-13-16-14-23-18(3,4)24-16/h7-8,11,16H,5-6,9-10,13-14H2,1-4H3/b11-7+,15-8+. The molecule has 0 aromatic carbocycles. The summed E-state index contributed by atoms with van der Waals surface area (Å²) >= 11 is 0. The van der Waals surface area contributed by atoms with Crippen molar-refractivity contribution in [1.82, 2.24) is 4.90 Å². The SMILES string of the molecule is CCCN(/C=C/C=C(\C#N)C(=O)OCC1COC(C)(C)O1)CCC. The molecule has 0 saturated carbocycles. The number of hydrogen-bond donors (Lipinski definition) is 0. The van der Waals surface area contributed by atoms with Crippen LogP contribution in [-0.2, 0) is 19.0 Å². The Morgan fingerprint density at radius 1 is 1.38 bits per heavy atom. The van der Waals surface area contributed by atoms with E-state index in [1.54, 1.807) is 19.9 Å². The highest BCUT2D eigenvalue weighted by atomic mass is 16.7. The van der Waals surface area contributed by atoms with Crippen molar-refractivity contribution in [2.45, 2.75) is 52.4 Å². The summed E-state index contributed by atoms with van der Waals surface area (Å²) in [7, 11) is 0. The van der Waals surface area contributed by atoms with E-state index in [1.165, 1.54) is 6.08 Å². The number of rotatable bonds is 9. The minimum atomic E-state index is -0.657. The molecule has 6 heteroatoms. The van der Waals surface area contributed by atoms with E-state index in [2.05, 4.69) is 18.7 Å². The van der Waals surface area contributed by atoms with E-state index in [9.17, 15) is 4.79 Å². The maximum absolute atomic E-state index is 12.0. The first-order chi connectivity index (χ1) is 11.4. The first-order valence-corrected chi connectivity index (χ1v) is 8.43. The molecule has 1 aliphatic rings. The average molecular weight is 336 g/mol. The number of carbonyl (C=O) groups excluding carboxylic acids is 1. The number of hydrogen-bond acceptors (Lipinski definition) is 6. The van der Waals surface area contributed by atoms with Crippen molar-refractivity contribution in [1.29, 1.82) is 5.26 Å². The number of nitrogens with zero attached hydrogens (tertiary/aromatic N) is 2. The molecule has 1 saturated heterocycles. The van der Waals surface area contributed by atoms with E-state index in [0.717, 1.165) is 25.9 Å². The molecule has 0 spiro atoms. The lowest BCUT2D eigenvalue weighted by molar-refractivity contribution is -0.155. The van der Waals surface area contributed by atoms with E-state index in [0.29, 0.717) is 6.61 Å². The molecule has 1 fully saturated rings. The van der Waals surface area contributed by atoms with Crippen LogP contribution >= 0.6 is 0 Å². The summed E-state index contributed by atoms with van der Waals surface area (Å²) in [4.78, 5) is 14.1. The van der Waals surface area contributed by atoms with Gasteiger partial charge in [0.1, 0.15) is 24.4 Å². The molecule has 0 radical (unpaired) electrons.